The van der Waals surface area contributed by atoms with Gasteiger partial charge in [-0.15, -0.1) is 0 Å². The lowest BCUT2D eigenvalue weighted by atomic mass is 9.87. The summed E-state index contributed by atoms with van der Waals surface area (Å²) in [7, 11) is 1.94. The molecule has 0 aliphatic rings. The van der Waals surface area contributed by atoms with Gasteiger partial charge in [0.1, 0.15) is 6.04 Å². The van der Waals surface area contributed by atoms with E-state index in [1.165, 1.54) is 5.56 Å². The fourth-order valence-electron chi connectivity index (χ4n) is 1.51. The number of nitrogens with zero attached hydrogens (tertiary/aromatic N) is 2. The Bertz CT molecular complexity index is 379. The van der Waals surface area contributed by atoms with E-state index < -0.39 is 0 Å². The number of rotatable bonds is 2. The van der Waals surface area contributed by atoms with Crippen LogP contribution in [0.4, 0.5) is 5.69 Å². The van der Waals surface area contributed by atoms with Crippen LogP contribution in [0, 0.1) is 11.3 Å². The van der Waals surface area contributed by atoms with Gasteiger partial charge in [-0.3, -0.25) is 0 Å². The summed E-state index contributed by atoms with van der Waals surface area (Å²) in [5.74, 6) is 0. The summed E-state index contributed by atoms with van der Waals surface area (Å²) in [6.45, 7) is 8.49. The van der Waals surface area contributed by atoms with Crippen molar-refractivity contribution >= 4 is 5.69 Å². The molecule has 0 saturated heterocycles. The molecule has 0 aliphatic carbocycles. The topological polar surface area (TPSA) is 27.0 Å². The molecule has 86 valence electrons. The Balaban J connectivity index is 2.92. The van der Waals surface area contributed by atoms with Gasteiger partial charge in [-0.1, -0.05) is 32.9 Å². The molecule has 0 radical (unpaired) electrons. The molecule has 2 nitrogen and oxygen atoms in total. The van der Waals surface area contributed by atoms with Crippen LogP contribution in [0.1, 0.15) is 33.3 Å². The number of hydrogen-bond donors (Lipinski definition) is 0. The Morgan fingerprint density at radius 3 is 2.06 bits per heavy atom. The van der Waals surface area contributed by atoms with Gasteiger partial charge in [0, 0.05) is 12.7 Å². The molecule has 0 N–H and O–H groups in total. The third-order valence-corrected chi connectivity index (χ3v) is 2.91. The highest BCUT2D eigenvalue weighted by Crippen LogP contribution is 2.24. The van der Waals surface area contributed by atoms with E-state index >= 15 is 0 Å². The number of nitriles is 1. The molecule has 0 bridgehead atoms. The summed E-state index contributed by atoms with van der Waals surface area (Å²) in [6.07, 6.45) is 0. The van der Waals surface area contributed by atoms with Crippen molar-refractivity contribution in [3.8, 4) is 6.07 Å². The van der Waals surface area contributed by atoms with E-state index in [4.69, 9.17) is 5.26 Å². The molecular formula is C14H20N2. The molecule has 0 aliphatic heterocycles. The predicted molar refractivity (Wildman–Crippen MR) is 68.6 cm³/mol. The second kappa shape index (κ2) is 4.57. The minimum Gasteiger partial charge on any atom is -0.359 e. The summed E-state index contributed by atoms with van der Waals surface area (Å²) >= 11 is 0. The van der Waals surface area contributed by atoms with Crippen LogP contribution in [0.2, 0.25) is 0 Å². The fraction of sp³-hybridized carbons (Fsp3) is 0.500. The maximum Gasteiger partial charge on any atom is 0.113 e. The summed E-state index contributed by atoms with van der Waals surface area (Å²) in [4.78, 5) is 1.98. The Labute approximate surface area is 98.5 Å². The van der Waals surface area contributed by atoms with Crippen molar-refractivity contribution in [2.75, 3.05) is 11.9 Å². The van der Waals surface area contributed by atoms with Gasteiger partial charge in [-0.25, -0.2) is 0 Å². The molecule has 1 aromatic carbocycles. The van der Waals surface area contributed by atoms with Crippen molar-refractivity contribution in [3.63, 3.8) is 0 Å². The van der Waals surface area contributed by atoms with E-state index in [1.807, 2.05) is 18.9 Å². The normalized spacial score (nSPS) is 13.0. The quantitative estimate of drug-likeness (QED) is 0.758. The second-order valence-corrected chi connectivity index (χ2v) is 5.21. The maximum absolute atomic E-state index is 8.86. The largest absolute Gasteiger partial charge is 0.359 e. The Hall–Kier alpha value is -1.49. The molecule has 1 atom stereocenters. The van der Waals surface area contributed by atoms with Crippen LogP contribution in [0.5, 0.6) is 0 Å². The molecule has 0 spiro atoms. The first-order valence-electron chi connectivity index (χ1n) is 5.59. The maximum atomic E-state index is 8.86. The molecular weight excluding hydrogens is 196 g/mol. The molecule has 16 heavy (non-hydrogen) atoms. The summed E-state index contributed by atoms with van der Waals surface area (Å²) in [5.41, 5.74) is 2.58. The minimum atomic E-state index is -0.0968. The predicted octanol–water partition coefficient (Wildman–Crippen LogP) is 3.33. The Morgan fingerprint density at radius 2 is 1.69 bits per heavy atom. The van der Waals surface area contributed by atoms with Crippen LogP contribution in [0.3, 0.4) is 0 Å². The molecule has 0 fully saturated rings. The first kappa shape index (κ1) is 12.6. The fourth-order valence-corrected chi connectivity index (χ4v) is 1.51. The first-order valence-corrected chi connectivity index (χ1v) is 5.59. The van der Waals surface area contributed by atoms with Crippen LogP contribution >= 0.6 is 0 Å². The van der Waals surface area contributed by atoms with Crippen LogP contribution < -0.4 is 4.90 Å². The third kappa shape index (κ3) is 2.76. The van der Waals surface area contributed by atoms with Gasteiger partial charge < -0.3 is 4.90 Å². The average Bonchev–Trinajstić information content (AvgIpc) is 2.26. The van der Waals surface area contributed by atoms with E-state index in [9.17, 15) is 0 Å². The van der Waals surface area contributed by atoms with E-state index in [0.717, 1.165) is 5.69 Å². The number of hydrogen-bond acceptors (Lipinski definition) is 2. The lowest BCUT2D eigenvalue weighted by Crippen LogP contribution is -2.27. The molecule has 1 unspecified atom stereocenters. The van der Waals surface area contributed by atoms with Crippen molar-refractivity contribution in [1.29, 1.82) is 5.26 Å². The van der Waals surface area contributed by atoms with Crippen LogP contribution in [-0.4, -0.2) is 13.1 Å². The zero-order valence-electron chi connectivity index (χ0n) is 10.8. The molecule has 1 aromatic rings. The van der Waals surface area contributed by atoms with Crippen LogP contribution in [0.15, 0.2) is 24.3 Å². The van der Waals surface area contributed by atoms with Crippen molar-refractivity contribution in [2.24, 2.45) is 0 Å². The van der Waals surface area contributed by atoms with E-state index in [1.54, 1.807) is 0 Å². The Kier molecular flexibility index (Phi) is 3.59. The standard InChI is InChI=1S/C14H20N2/c1-11(10-15)16(5)13-8-6-12(7-9-13)14(2,3)4/h6-9,11H,1-5H3. The van der Waals surface area contributed by atoms with E-state index in [0.29, 0.717) is 0 Å². The second-order valence-electron chi connectivity index (χ2n) is 5.21. The van der Waals surface area contributed by atoms with Crippen molar-refractivity contribution in [2.45, 2.75) is 39.2 Å². The van der Waals surface area contributed by atoms with E-state index in [-0.39, 0.29) is 11.5 Å². The smallest absolute Gasteiger partial charge is 0.113 e. The highest BCUT2D eigenvalue weighted by atomic mass is 15.1. The van der Waals surface area contributed by atoms with Gasteiger partial charge in [0.25, 0.3) is 0 Å². The van der Waals surface area contributed by atoms with Gasteiger partial charge >= 0.3 is 0 Å². The van der Waals surface area contributed by atoms with Crippen molar-refractivity contribution < 1.29 is 0 Å². The van der Waals surface area contributed by atoms with Gasteiger partial charge in [0.15, 0.2) is 0 Å². The summed E-state index contributed by atoms with van der Waals surface area (Å²) in [5, 5.41) is 8.86. The van der Waals surface area contributed by atoms with Crippen LogP contribution in [-0.2, 0) is 5.41 Å². The van der Waals surface area contributed by atoms with Crippen molar-refractivity contribution in [1.82, 2.24) is 0 Å². The monoisotopic (exact) mass is 216 g/mol. The third-order valence-electron chi connectivity index (χ3n) is 2.91. The molecule has 0 saturated carbocycles. The summed E-state index contributed by atoms with van der Waals surface area (Å²) in [6, 6.07) is 10.6. The molecule has 2 heteroatoms. The van der Waals surface area contributed by atoms with E-state index in [2.05, 4.69) is 51.1 Å². The SMILES string of the molecule is CC(C#N)N(C)c1ccc(C(C)(C)C)cc1. The lowest BCUT2D eigenvalue weighted by Gasteiger charge is -2.24. The Morgan fingerprint density at radius 1 is 1.19 bits per heavy atom. The minimum absolute atomic E-state index is 0.0968. The zero-order chi connectivity index (χ0) is 12.3. The van der Waals surface area contributed by atoms with Gasteiger partial charge in [0.2, 0.25) is 0 Å². The van der Waals surface area contributed by atoms with Crippen LogP contribution in [0.25, 0.3) is 0 Å². The highest BCUT2D eigenvalue weighted by molar-refractivity contribution is 5.49. The van der Waals surface area contributed by atoms with Gasteiger partial charge in [-0.05, 0) is 30.0 Å². The molecule has 0 heterocycles. The number of anilines is 1. The molecule has 0 aromatic heterocycles. The molecule has 1 rings (SSSR count). The first-order chi connectivity index (χ1) is 7.36. The van der Waals surface area contributed by atoms with Gasteiger partial charge in [0.05, 0.1) is 6.07 Å². The zero-order valence-corrected chi connectivity index (χ0v) is 10.8. The summed E-state index contributed by atoms with van der Waals surface area (Å²) < 4.78 is 0. The highest BCUT2D eigenvalue weighted by Gasteiger charge is 2.14. The van der Waals surface area contributed by atoms with Crippen molar-refractivity contribution in [3.05, 3.63) is 29.8 Å². The van der Waals surface area contributed by atoms with Gasteiger partial charge in [-0.2, -0.15) is 5.26 Å². The molecule has 0 amide bonds. The average molecular weight is 216 g/mol. The number of benzene rings is 1. The lowest BCUT2D eigenvalue weighted by molar-refractivity contribution is 0.590.